The fourth-order valence-corrected chi connectivity index (χ4v) is 3.38. The highest BCUT2D eigenvalue weighted by Crippen LogP contribution is 2.42. The van der Waals surface area contributed by atoms with Gasteiger partial charge in [0.05, 0.1) is 0 Å². The predicted molar refractivity (Wildman–Crippen MR) is 88.7 cm³/mol. The first-order chi connectivity index (χ1) is 10.8. The molecule has 1 aromatic heterocycles. The second-order valence-corrected chi connectivity index (χ2v) is 7.85. The first-order valence-electron chi connectivity index (χ1n) is 7.98. The Hall–Kier alpha value is -1.56. The molecule has 1 spiro atoms. The van der Waals surface area contributed by atoms with Crippen LogP contribution in [0.3, 0.4) is 0 Å². The number of carbonyl (C=O) groups excluding carboxylic acids is 1. The molecule has 126 valence electrons. The molecule has 0 aromatic carbocycles. The molecule has 0 saturated carbocycles. The van der Waals surface area contributed by atoms with Crippen LogP contribution in [0.4, 0.5) is 10.6 Å². The smallest absolute Gasteiger partial charge is 0.410 e. The van der Waals surface area contributed by atoms with Crippen molar-refractivity contribution in [1.29, 1.82) is 0 Å². The minimum absolute atomic E-state index is 0.203. The molecule has 23 heavy (non-hydrogen) atoms. The number of amides is 1. The van der Waals surface area contributed by atoms with Crippen LogP contribution in [0.2, 0.25) is 5.28 Å². The van der Waals surface area contributed by atoms with E-state index in [0.717, 1.165) is 44.8 Å². The Kier molecular flexibility index (Phi) is 4.12. The summed E-state index contributed by atoms with van der Waals surface area (Å²) in [5.74, 6) is 0.880. The largest absolute Gasteiger partial charge is 0.444 e. The molecule has 6 nitrogen and oxygen atoms in total. The van der Waals surface area contributed by atoms with Crippen LogP contribution in [0.1, 0.15) is 33.6 Å². The SMILES string of the molecule is CC(C)(C)OC(=O)N1CCC2(CC1)CN(c1ccnc(Cl)n1)C2. The first kappa shape index (κ1) is 16.3. The van der Waals surface area contributed by atoms with E-state index in [9.17, 15) is 4.79 Å². The fraction of sp³-hybridized carbons (Fsp3) is 0.688. The lowest BCUT2D eigenvalue weighted by Crippen LogP contribution is -2.61. The number of likely N-dealkylation sites (tertiary alicyclic amines) is 1. The average molecular weight is 339 g/mol. The third-order valence-corrected chi connectivity index (χ3v) is 4.65. The highest BCUT2D eigenvalue weighted by atomic mass is 35.5. The van der Waals surface area contributed by atoms with E-state index in [1.807, 2.05) is 31.7 Å². The minimum atomic E-state index is -0.439. The molecule has 2 fully saturated rings. The highest BCUT2D eigenvalue weighted by Gasteiger charge is 2.46. The molecule has 0 aliphatic carbocycles. The summed E-state index contributed by atoms with van der Waals surface area (Å²) in [6.07, 6.45) is 3.48. The van der Waals surface area contributed by atoms with Crippen molar-refractivity contribution in [2.75, 3.05) is 31.1 Å². The van der Waals surface area contributed by atoms with Crippen molar-refractivity contribution in [3.63, 3.8) is 0 Å². The molecule has 0 radical (unpaired) electrons. The number of anilines is 1. The highest BCUT2D eigenvalue weighted by molar-refractivity contribution is 6.28. The number of carbonyl (C=O) groups is 1. The second-order valence-electron chi connectivity index (χ2n) is 7.51. The zero-order valence-electron chi connectivity index (χ0n) is 13.9. The van der Waals surface area contributed by atoms with Gasteiger partial charge in [-0.1, -0.05) is 0 Å². The second kappa shape index (κ2) is 5.82. The lowest BCUT2D eigenvalue weighted by Gasteiger charge is -2.54. The topological polar surface area (TPSA) is 58.6 Å². The molecule has 0 N–H and O–H groups in total. The Morgan fingerprint density at radius 3 is 2.52 bits per heavy atom. The van der Waals surface area contributed by atoms with Crippen molar-refractivity contribution < 1.29 is 9.53 Å². The number of halogens is 1. The number of hydrogen-bond acceptors (Lipinski definition) is 5. The summed E-state index contributed by atoms with van der Waals surface area (Å²) in [4.78, 5) is 24.3. The minimum Gasteiger partial charge on any atom is -0.444 e. The van der Waals surface area contributed by atoms with Gasteiger partial charge in [-0.2, -0.15) is 0 Å². The predicted octanol–water partition coefficient (Wildman–Crippen LogP) is 2.97. The summed E-state index contributed by atoms with van der Waals surface area (Å²) in [6.45, 7) is 9.12. The molecule has 3 rings (SSSR count). The molecule has 2 aliphatic rings. The van der Waals surface area contributed by atoms with Gasteiger partial charge in [-0.3, -0.25) is 0 Å². The van der Waals surface area contributed by atoms with Gasteiger partial charge in [-0.25, -0.2) is 14.8 Å². The fourth-order valence-electron chi connectivity index (χ4n) is 3.23. The van der Waals surface area contributed by atoms with Crippen molar-refractivity contribution in [1.82, 2.24) is 14.9 Å². The molecule has 0 atom stereocenters. The van der Waals surface area contributed by atoms with Crippen molar-refractivity contribution in [2.45, 2.75) is 39.2 Å². The van der Waals surface area contributed by atoms with E-state index in [0.29, 0.717) is 0 Å². The van der Waals surface area contributed by atoms with Crippen molar-refractivity contribution in [3.05, 3.63) is 17.5 Å². The van der Waals surface area contributed by atoms with E-state index in [4.69, 9.17) is 16.3 Å². The van der Waals surface area contributed by atoms with Gasteiger partial charge in [0, 0.05) is 37.8 Å². The molecule has 1 aromatic rings. The number of nitrogens with zero attached hydrogens (tertiary/aromatic N) is 4. The van der Waals surface area contributed by atoms with Crippen LogP contribution in [-0.2, 0) is 4.74 Å². The zero-order valence-corrected chi connectivity index (χ0v) is 14.6. The van der Waals surface area contributed by atoms with Gasteiger partial charge < -0.3 is 14.5 Å². The van der Waals surface area contributed by atoms with Gasteiger partial charge in [0.2, 0.25) is 5.28 Å². The normalized spacial score (nSPS) is 20.3. The van der Waals surface area contributed by atoms with E-state index in [1.54, 1.807) is 6.20 Å². The third kappa shape index (κ3) is 3.68. The number of hydrogen-bond donors (Lipinski definition) is 0. The van der Waals surface area contributed by atoms with Gasteiger partial charge in [0.1, 0.15) is 11.4 Å². The standard InChI is InChI=1S/C16H23ClN4O2/c1-15(2,3)23-14(22)20-8-5-16(6-9-20)10-21(11-16)12-4-7-18-13(17)19-12/h4,7H,5-6,8-11H2,1-3H3. The third-order valence-electron chi connectivity index (χ3n) is 4.46. The van der Waals surface area contributed by atoms with Crippen LogP contribution in [-0.4, -0.2) is 52.7 Å². The molecular formula is C16H23ClN4O2. The van der Waals surface area contributed by atoms with E-state index in [1.165, 1.54) is 0 Å². The first-order valence-corrected chi connectivity index (χ1v) is 8.36. The zero-order chi connectivity index (χ0) is 16.7. The Morgan fingerprint density at radius 1 is 1.30 bits per heavy atom. The summed E-state index contributed by atoms with van der Waals surface area (Å²) in [5, 5.41) is 0.281. The van der Waals surface area contributed by atoms with E-state index in [2.05, 4.69) is 14.9 Å². The maximum Gasteiger partial charge on any atom is 0.410 e. The maximum atomic E-state index is 12.1. The molecular weight excluding hydrogens is 316 g/mol. The van der Waals surface area contributed by atoms with Gasteiger partial charge in [-0.05, 0) is 51.3 Å². The molecule has 2 aliphatic heterocycles. The Bertz CT molecular complexity index is 586. The molecule has 7 heteroatoms. The maximum absolute atomic E-state index is 12.1. The van der Waals surface area contributed by atoms with Crippen LogP contribution >= 0.6 is 11.6 Å². The average Bonchev–Trinajstić information content (AvgIpc) is 2.43. The quantitative estimate of drug-likeness (QED) is 0.737. The molecule has 2 saturated heterocycles. The molecule has 3 heterocycles. The van der Waals surface area contributed by atoms with Gasteiger partial charge in [-0.15, -0.1) is 0 Å². The van der Waals surface area contributed by atoms with Gasteiger partial charge in [0.25, 0.3) is 0 Å². The number of ether oxygens (including phenoxy) is 1. The monoisotopic (exact) mass is 338 g/mol. The summed E-state index contributed by atoms with van der Waals surface area (Å²) in [5.41, 5.74) is -0.151. The van der Waals surface area contributed by atoms with Crippen LogP contribution in [0.15, 0.2) is 12.3 Å². The van der Waals surface area contributed by atoms with Crippen LogP contribution < -0.4 is 4.90 Å². The van der Waals surface area contributed by atoms with Gasteiger partial charge in [0.15, 0.2) is 0 Å². The Labute approximate surface area is 141 Å². The molecule has 0 bridgehead atoms. The van der Waals surface area contributed by atoms with Crippen LogP contribution in [0.5, 0.6) is 0 Å². The van der Waals surface area contributed by atoms with Crippen molar-refractivity contribution in [2.24, 2.45) is 5.41 Å². The van der Waals surface area contributed by atoms with E-state index >= 15 is 0 Å². The lowest BCUT2D eigenvalue weighted by molar-refractivity contribution is 0.00589. The number of piperidine rings is 1. The number of aromatic nitrogens is 2. The van der Waals surface area contributed by atoms with Gasteiger partial charge >= 0.3 is 6.09 Å². The Morgan fingerprint density at radius 2 is 1.96 bits per heavy atom. The van der Waals surface area contributed by atoms with Crippen molar-refractivity contribution in [3.8, 4) is 0 Å². The summed E-state index contributed by atoms with van der Waals surface area (Å²) >= 11 is 5.85. The Balaban J connectivity index is 1.52. The van der Waals surface area contributed by atoms with Crippen molar-refractivity contribution >= 4 is 23.5 Å². The summed E-state index contributed by atoms with van der Waals surface area (Å²) in [6, 6.07) is 1.88. The summed E-state index contributed by atoms with van der Waals surface area (Å²) < 4.78 is 5.45. The van der Waals surface area contributed by atoms with Crippen LogP contribution in [0.25, 0.3) is 0 Å². The lowest BCUT2D eigenvalue weighted by atomic mass is 9.72. The van der Waals surface area contributed by atoms with E-state index in [-0.39, 0.29) is 16.8 Å². The number of rotatable bonds is 1. The molecule has 0 unspecified atom stereocenters. The van der Waals surface area contributed by atoms with Crippen LogP contribution in [0, 0.1) is 5.41 Å². The molecule has 1 amide bonds. The van der Waals surface area contributed by atoms with E-state index < -0.39 is 5.60 Å². The summed E-state index contributed by atoms with van der Waals surface area (Å²) in [7, 11) is 0.